The maximum Gasteiger partial charge on any atom is 0.226 e. The lowest BCUT2D eigenvalue weighted by molar-refractivity contribution is 0.206. The van der Waals surface area contributed by atoms with Crippen LogP contribution in [0.2, 0.25) is 0 Å². The quantitative estimate of drug-likeness (QED) is 0.931. The summed E-state index contributed by atoms with van der Waals surface area (Å²) in [6.07, 6.45) is 2.72. The Bertz CT molecular complexity index is 632. The maximum absolute atomic E-state index is 10.0. The van der Waals surface area contributed by atoms with E-state index in [1.54, 1.807) is 6.20 Å². The lowest BCUT2D eigenvalue weighted by atomic mass is 9.80. The molecule has 1 atom stereocenters. The van der Waals surface area contributed by atoms with Crippen LogP contribution in [0.25, 0.3) is 0 Å². The molecular weight excluding hydrogens is 276 g/mol. The first-order valence-corrected chi connectivity index (χ1v) is 7.56. The third kappa shape index (κ3) is 2.64. The lowest BCUT2D eigenvalue weighted by Gasteiger charge is -2.28. The van der Waals surface area contributed by atoms with Gasteiger partial charge in [0, 0.05) is 38.8 Å². The van der Waals surface area contributed by atoms with Crippen molar-refractivity contribution in [1.29, 1.82) is 0 Å². The number of rotatable bonds is 4. The summed E-state index contributed by atoms with van der Waals surface area (Å²) >= 11 is 0. The molecule has 116 valence electrons. The normalized spacial score (nSPS) is 21.1. The van der Waals surface area contributed by atoms with Gasteiger partial charge in [-0.25, -0.2) is 4.98 Å². The van der Waals surface area contributed by atoms with E-state index in [9.17, 15) is 5.11 Å². The zero-order valence-electron chi connectivity index (χ0n) is 13.1. The van der Waals surface area contributed by atoms with Crippen LogP contribution >= 0.6 is 0 Å². The number of anilines is 2. The summed E-state index contributed by atoms with van der Waals surface area (Å²) < 4.78 is 0. The van der Waals surface area contributed by atoms with Gasteiger partial charge in [-0.05, 0) is 18.1 Å². The molecule has 1 aromatic carbocycles. The Morgan fingerprint density at radius 1 is 1.23 bits per heavy atom. The van der Waals surface area contributed by atoms with Crippen molar-refractivity contribution in [3.8, 4) is 0 Å². The highest BCUT2D eigenvalue weighted by molar-refractivity contribution is 5.46. The van der Waals surface area contributed by atoms with Gasteiger partial charge in [-0.2, -0.15) is 4.98 Å². The van der Waals surface area contributed by atoms with Crippen LogP contribution < -0.4 is 9.80 Å². The number of benzene rings is 1. The van der Waals surface area contributed by atoms with Crippen LogP contribution in [0, 0.1) is 0 Å². The van der Waals surface area contributed by atoms with E-state index in [1.165, 1.54) is 5.56 Å². The minimum atomic E-state index is -0.204. The fourth-order valence-corrected chi connectivity index (χ4v) is 3.05. The van der Waals surface area contributed by atoms with E-state index in [1.807, 2.05) is 43.3 Å². The van der Waals surface area contributed by atoms with E-state index >= 15 is 0 Å². The molecule has 0 bridgehead atoms. The Kier molecular flexibility index (Phi) is 3.98. The molecule has 0 amide bonds. The molecule has 2 heterocycles. The van der Waals surface area contributed by atoms with Crippen LogP contribution in [0.1, 0.15) is 12.0 Å². The van der Waals surface area contributed by atoms with Crippen molar-refractivity contribution in [3.05, 3.63) is 48.2 Å². The van der Waals surface area contributed by atoms with Gasteiger partial charge in [-0.15, -0.1) is 0 Å². The number of aliphatic hydroxyl groups is 1. The third-order valence-corrected chi connectivity index (χ3v) is 4.39. The first-order valence-electron chi connectivity index (χ1n) is 7.56. The minimum Gasteiger partial charge on any atom is -0.395 e. The average molecular weight is 298 g/mol. The Morgan fingerprint density at radius 2 is 2.00 bits per heavy atom. The third-order valence-electron chi connectivity index (χ3n) is 4.39. The minimum absolute atomic E-state index is 0.152. The zero-order valence-corrected chi connectivity index (χ0v) is 13.1. The van der Waals surface area contributed by atoms with E-state index in [2.05, 4.69) is 27.0 Å². The molecule has 3 rings (SSSR count). The second-order valence-electron chi connectivity index (χ2n) is 6.09. The summed E-state index contributed by atoms with van der Waals surface area (Å²) in [7, 11) is 3.87. The first-order chi connectivity index (χ1) is 10.6. The number of hydrogen-bond donors (Lipinski definition) is 1. The molecule has 0 aliphatic carbocycles. The van der Waals surface area contributed by atoms with Gasteiger partial charge >= 0.3 is 0 Å². The van der Waals surface area contributed by atoms with Crippen LogP contribution in [0.3, 0.4) is 0 Å². The standard InChI is InChI=1S/C17H22N4O/c1-20(2)16-18-10-8-15(19-16)21-11-9-17(12-21,13-22)14-6-4-3-5-7-14/h3-8,10,22H,9,11-13H2,1-2H3. The van der Waals surface area contributed by atoms with Gasteiger partial charge in [0.1, 0.15) is 5.82 Å². The van der Waals surface area contributed by atoms with Crippen molar-refractivity contribution < 1.29 is 5.11 Å². The van der Waals surface area contributed by atoms with Gasteiger partial charge in [-0.1, -0.05) is 30.3 Å². The number of hydrogen-bond acceptors (Lipinski definition) is 5. The molecule has 0 radical (unpaired) electrons. The smallest absolute Gasteiger partial charge is 0.226 e. The average Bonchev–Trinajstić information content (AvgIpc) is 3.02. The van der Waals surface area contributed by atoms with Crippen LogP contribution in [0.5, 0.6) is 0 Å². The van der Waals surface area contributed by atoms with Crippen molar-refractivity contribution in [2.45, 2.75) is 11.8 Å². The summed E-state index contributed by atoms with van der Waals surface area (Å²) in [5.74, 6) is 1.63. The van der Waals surface area contributed by atoms with Crippen LogP contribution in [-0.4, -0.2) is 48.9 Å². The molecule has 5 heteroatoms. The van der Waals surface area contributed by atoms with E-state index in [-0.39, 0.29) is 12.0 Å². The van der Waals surface area contributed by atoms with Gasteiger partial charge in [-0.3, -0.25) is 0 Å². The number of aliphatic hydroxyl groups excluding tert-OH is 1. The van der Waals surface area contributed by atoms with Gasteiger partial charge in [0.15, 0.2) is 0 Å². The fourth-order valence-electron chi connectivity index (χ4n) is 3.05. The molecule has 0 spiro atoms. The summed E-state index contributed by atoms with van der Waals surface area (Å²) in [5, 5.41) is 10.0. The zero-order chi connectivity index (χ0) is 15.6. The molecule has 1 aromatic heterocycles. The summed E-state index contributed by atoms with van der Waals surface area (Å²) in [5.41, 5.74) is 0.992. The van der Waals surface area contributed by atoms with Crippen molar-refractivity contribution in [1.82, 2.24) is 9.97 Å². The van der Waals surface area contributed by atoms with Crippen LogP contribution in [0.4, 0.5) is 11.8 Å². The van der Waals surface area contributed by atoms with E-state index in [0.717, 1.165) is 25.3 Å². The van der Waals surface area contributed by atoms with Crippen molar-refractivity contribution in [2.75, 3.05) is 43.6 Å². The first kappa shape index (κ1) is 14.8. The number of aromatic nitrogens is 2. The van der Waals surface area contributed by atoms with Crippen LogP contribution in [0.15, 0.2) is 42.6 Å². The molecule has 1 aliphatic heterocycles. The lowest BCUT2D eigenvalue weighted by Crippen LogP contribution is -2.35. The Balaban J connectivity index is 1.86. The summed E-state index contributed by atoms with van der Waals surface area (Å²) in [6, 6.07) is 12.2. The molecule has 2 aromatic rings. The number of nitrogens with zero attached hydrogens (tertiary/aromatic N) is 4. The van der Waals surface area contributed by atoms with E-state index < -0.39 is 0 Å². The molecule has 1 unspecified atom stereocenters. The van der Waals surface area contributed by atoms with Gasteiger partial charge < -0.3 is 14.9 Å². The molecule has 1 aliphatic rings. The SMILES string of the molecule is CN(C)c1nccc(N2CCC(CO)(c3ccccc3)C2)n1. The molecule has 1 saturated heterocycles. The van der Waals surface area contributed by atoms with E-state index in [0.29, 0.717) is 5.95 Å². The Hall–Kier alpha value is -2.14. The van der Waals surface area contributed by atoms with E-state index in [4.69, 9.17) is 0 Å². The summed E-state index contributed by atoms with van der Waals surface area (Å²) in [6.45, 7) is 1.82. The predicted octanol–water partition coefficient (Wildman–Crippen LogP) is 1.68. The Labute approximate surface area is 131 Å². The van der Waals surface area contributed by atoms with Gasteiger partial charge in [0.25, 0.3) is 0 Å². The fraction of sp³-hybridized carbons (Fsp3) is 0.412. The Morgan fingerprint density at radius 3 is 2.68 bits per heavy atom. The highest BCUT2D eigenvalue weighted by Gasteiger charge is 2.39. The topological polar surface area (TPSA) is 52.5 Å². The monoisotopic (exact) mass is 298 g/mol. The van der Waals surface area contributed by atoms with Crippen molar-refractivity contribution in [2.24, 2.45) is 0 Å². The largest absolute Gasteiger partial charge is 0.395 e. The van der Waals surface area contributed by atoms with Crippen molar-refractivity contribution in [3.63, 3.8) is 0 Å². The van der Waals surface area contributed by atoms with Crippen LogP contribution in [-0.2, 0) is 5.41 Å². The molecule has 5 nitrogen and oxygen atoms in total. The highest BCUT2D eigenvalue weighted by atomic mass is 16.3. The van der Waals surface area contributed by atoms with Crippen molar-refractivity contribution >= 4 is 11.8 Å². The molecule has 0 saturated carbocycles. The second-order valence-corrected chi connectivity index (χ2v) is 6.09. The van der Waals surface area contributed by atoms with Gasteiger partial charge in [0.2, 0.25) is 5.95 Å². The maximum atomic E-state index is 10.0. The molecule has 1 N–H and O–H groups in total. The van der Waals surface area contributed by atoms with Gasteiger partial charge in [0.05, 0.1) is 6.61 Å². The molecular formula is C17H22N4O. The molecule has 22 heavy (non-hydrogen) atoms. The second kappa shape index (κ2) is 5.93. The molecule has 1 fully saturated rings. The summed E-state index contributed by atoms with van der Waals surface area (Å²) in [4.78, 5) is 13.0. The highest BCUT2D eigenvalue weighted by Crippen LogP contribution is 2.36. The predicted molar refractivity (Wildman–Crippen MR) is 88.4 cm³/mol.